The van der Waals surface area contributed by atoms with E-state index in [2.05, 4.69) is 18.7 Å². The van der Waals surface area contributed by atoms with Crippen LogP contribution in [0.25, 0.3) is 0 Å². The molecule has 0 amide bonds. The zero-order chi connectivity index (χ0) is 14.5. The average molecular weight is 281 g/mol. The third-order valence-corrected chi connectivity index (χ3v) is 3.81. The zero-order valence-electron chi connectivity index (χ0n) is 11.9. The Morgan fingerprint density at radius 1 is 1.11 bits per heavy atom. The van der Waals surface area contributed by atoms with E-state index in [4.69, 9.17) is 5.73 Å². The van der Waals surface area contributed by atoms with Gasteiger partial charge in [-0.15, -0.1) is 0 Å². The molecular formula is C13H26F3N3. The molecule has 0 aliphatic carbocycles. The molecule has 114 valence electrons. The molecule has 0 aromatic carbocycles. The number of rotatable bonds is 6. The molecule has 2 unspecified atom stereocenters. The molecule has 1 saturated heterocycles. The van der Waals surface area contributed by atoms with Crippen LogP contribution in [-0.2, 0) is 0 Å². The lowest BCUT2D eigenvalue weighted by Crippen LogP contribution is -2.56. The number of halogens is 3. The molecule has 0 radical (unpaired) electrons. The molecule has 1 heterocycles. The summed E-state index contributed by atoms with van der Waals surface area (Å²) in [6.45, 7) is 5.75. The quantitative estimate of drug-likeness (QED) is 0.809. The fraction of sp³-hybridized carbons (Fsp3) is 1.00. The number of hydrogen-bond donors (Lipinski definition) is 1. The number of piperazine rings is 1. The summed E-state index contributed by atoms with van der Waals surface area (Å²) in [5.74, 6) is 0. The van der Waals surface area contributed by atoms with E-state index >= 15 is 0 Å². The van der Waals surface area contributed by atoms with Crippen LogP contribution in [0.3, 0.4) is 0 Å². The number of nitrogens with two attached hydrogens (primary N) is 1. The van der Waals surface area contributed by atoms with Gasteiger partial charge in [0.25, 0.3) is 0 Å². The summed E-state index contributed by atoms with van der Waals surface area (Å²) in [4.78, 5) is 3.74. The molecule has 1 fully saturated rings. The van der Waals surface area contributed by atoms with Gasteiger partial charge in [0.05, 0.1) is 6.54 Å². The molecule has 0 saturated carbocycles. The predicted octanol–water partition coefficient (Wildman–Crippen LogP) is 2.07. The van der Waals surface area contributed by atoms with Crippen LogP contribution in [0.1, 0.15) is 33.1 Å². The van der Waals surface area contributed by atoms with E-state index in [0.717, 1.165) is 19.3 Å². The third-order valence-electron chi connectivity index (χ3n) is 3.81. The molecule has 2 atom stereocenters. The molecule has 1 rings (SSSR count). The first kappa shape index (κ1) is 16.7. The molecule has 6 heteroatoms. The van der Waals surface area contributed by atoms with Gasteiger partial charge in [-0.1, -0.05) is 20.3 Å². The standard InChI is InChI=1S/C13H26F3N3/c1-3-5-11(17)12(4-2)19-8-6-18(7-9-19)10-13(14,15)16/h11-12H,3-10,17H2,1-2H3. The van der Waals surface area contributed by atoms with Gasteiger partial charge < -0.3 is 5.73 Å². The Morgan fingerprint density at radius 2 is 1.68 bits per heavy atom. The Labute approximate surface area is 113 Å². The Morgan fingerprint density at radius 3 is 2.11 bits per heavy atom. The van der Waals surface area contributed by atoms with Crippen LogP contribution in [0, 0.1) is 0 Å². The van der Waals surface area contributed by atoms with Crippen molar-refractivity contribution in [2.45, 2.75) is 51.4 Å². The number of alkyl halides is 3. The molecule has 19 heavy (non-hydrogen) atoms. The van der Waals surface area contributed by atoms with Gasteiger partial charge in [-0.3, -0.25) is 9.80 Å². The lowest BCUT2D eigenvalue weighted by atomic mass is 9.99. The topological polar surface area (TPSA) is 32.5 Å². The van der Waals surface area contributed by atoms with Gasteiger partial charge in [0.2, 0.25) is 0 Å². The van der Waals surface area contributed by atoms with E-state index < -0.39 is 12.7 Å². The van der Waals surface area contributed by atoms with Crippen LogP contribution >= 0.6 is 0 Å². The van der Waals surface area contributed by atoms with Crippen molar-refractivity contribution in [1.29, 1.82) is 0 Å². The summed E-state index contributed by atoms with van der Waals surface area (Å²) in [6, 6.07) is 0.428. The Balaban J connectivity index is 2.43. The molecule has 0 aromatic heterocycles. The Hall–Kier alpha value is -0.330. The van der Waals surface area contributed by atoms with Crippen molar-refractivity contribution < 1.29 is 13.2 Å². The predicted molar refractivity (Wildman–Crippen MR) is 71.0 cm³/mol. The first-order valence-electron chi connectivity index (χ1n) is 7.16. The maximum Gasteiger partial charge on any atom is 0.401 e. The molecule has 2 N–H and O–H groups in total. The van der Waals surface area contributed by atoms with E-state index in [1.165, 1.54) is 4.90 Å². The molecule has 3 nitrogen and oxygen atoms in total. The summed E-state index contributed by atoms with van der Waals surface area (Å²) >= 11 is 0. The molecule has 0 spiro atoms. The highest BCUT2D eigenvalue weighted by Crippen LogP contribution is 2.19. The fourth-order valence-corrected chi connectivity index (χ4v) is 2.86. The summed E-state index contributed by atoms with van der Waals surface area (Å²) in [5, 5.41) is 0. The lowest BCUT2D eigenvalue weighted by molar-refractivity contribution is -0.150. The van der Waals surface area contributed by atoms with Gasteiger partial charge >= 0.3 is 6.18 Å². The Kier molecular flexibility index (Phi) is 6.56. The minimum atomic E-state index is -4.09. The molecule has 1 aliphatic heterocycles. The number of hydrogen-bond acceptors (Lipinski definition) is 3. The first-order chi connectivity index (χ1) is 8.87. The molecular weight excluding hydrogens is 255 g/mol. The van der Waals surface area contributed by atoms with E-state index in [-0.39, 0.29) is 6.04 Å². The minimum absolute atomic E-state index is 0.129. The highest BCUT2D eigenvalue weighted by Gasteiger charge is 2.33. The van der Waals surface area contributed by atoms with Crippen LogP contribution in [0.5, 0.6) is 0 Å². The van der Waals surface area contributed by atoms with E-state index in [0.29, 0.717) is 32.2 Å². The van der Waals surface area contributed by atoms with Crippen molar-refractivity contribution in [3.63, 3.8) is 0 Å². The van der Waals surface area contributed by atoms with Crippen molar-refractivity contribution >= 4 is 0 Å². The van der Waals surface area contributed by atoms with Crippen molar-refractivity contribution in [2.24, 2.45) is 5.73 Å². The van der Waals surface area contributed by atoms with Crippen molar-refractivity contribution in [3.8, 4) is 0 Å². The maximum absolute atomic E-state index is 12.3. The maximum atomic E-state index is 12.3. The van der Waals surface area contributed by atoms with Crippen LogP contribution < -0.4 is 5.73 Å². The summed E-state index contributed by atoms with van der Waals surface area (Å²) in [5.41, 5.74) is 6.17. The van der Waals surface area contributed by atoms with Crippen molar-refractivity contribution in [3.05, 3.63) is 0 Å². The van der Waals surface area contributed by atoms with Gasteiger partial charge in [0, 0.05) is 38.3 Å². The fourth-order valence-electron chi connectivity index (χ4n) is 2.86. The average Bonchev–Trinajstić information content (AvgIpc) is 2.30. The Bertz CT molecular complexity index is 250. The molecule has 1 aliphatic rings. The second-order valence-electron chi connectivity index (χ2n) is 5.36. The second kappa shape index (κ2) is 7.45. The molecule has 0 bridgehead atoms. The second-order valence-corrected chi connectivity index (χ2v) is 5.36. The SMILES string of the molecule is CCCC(N)C(CC)N1CCN(CC(F)(F)F)CC1. The lowest BCUT2D eigenvalue weighted by Gasteiger charge is -2.41. The van der Waals surface area contributed by atoms with Crippen LogP contribution in [0.2, 0.25) is 0 Å². The van der Waals surface area contributed by atoms with Gasteiger partial charge in [0.15, 0.2) is 0 Å². The number of nitrogens with zero attached hydrogens (tertiary/aromatic N) is 2. The van der Waals surface area contributed by atoms with Crippen molar-refractivity contribution in [1.82, 2.24) is 9.80 Å². The van der Waals surface area contributed by atoms with Crippen LogP contribution in [0.4, 0.5) is 13.2 Å². The van der Waals surface area contributed by atoms with E-state index in [1.54, 1.807) is 0 Å². The molecule has 0 aromatic rings. The van der Waals surface area contributed by atoms with Gasteiger partial charge in [0.1, 0.15) is 0 Å². The minimum Gasteiger partial charge on any atom is -0.326 e. The highest BCUT2D eigenvalue weighted by molar-refractivity contribution is 4.85. The van der Waals surface area contributed by atoms with Gasteiger partial charge in [-0.2, -0.15) is 13.2 Å². The normalized spacial score (nSPS) is 22.4. The summed E-state index contributed by atoms with van der Waals surface area (Å²) < 4.78 is 36.9. The van der Waals surface area contributed by atoms with Crippen LogP contribution in [0.15, 0.2) is 0 Å². The smallest absolute Gasteiger partial charge is 0.326 e. The van der Waals surface area contributed by atoms with E-state index in [1.807, 2.05) is 0 Å². The first-order valence-corrected chi connectivity index (χ1v) is 7.16. The third kappa shape index (κ3) is 5.67. The van der Waals surface area contributed by atoms with Crippen LogP contribution in [-0.4, -0.2) is 60.8 Å². The summed E-state index contributed by atoms with van der Waals surface area (Å²) in [7, 11) is 0. The zero-order valence-corrected chi connectivity index (χ0v) is 11.9. The monoisotopic (exact) mass is 281 g/mol. The van der Waals surface area contributed by atoms with Gasteiger partial charge in [-0.05, 0) is 12.8 Å². The largest absolute Gasteiger partial charge is 0.401 e. The highest BCUT2D eigenvalue weighted by atomic mass is 19.4. The summed E-state index contributed by atoms with van der Waals surface area (Å²) in [6.07, 6.45) is -1.11. The van der Waals surface area contributed by atoms with E-state index in [9.17, 15) is 13.2 Å². The van der Waals surface area contributed by atoms with Crippen molar-refractivity contribution in [2.75, 3.05) is 32.7 Å². The van der Waals surface area contributed by atoms with Gasteiger partial charge in [-0.25, -0.2) is 0 Å².